The third kappa shape index (κ3) is 1.71. The van der Waals surface area contributed by atoms with Gasteiger partial charge in [0.1, 0.15) is 12.3 Å². The number of nitrogens with one attached hydrogen (secondary N) is 2. The van der Waals surface area contributed by atoms with Gasteiger partial charge in [-0.05, 0) is 0 Å². The molecule has 2 N–H and O–H groups in total. The molecule has 0 aromatic heterocycles. The topological polar surface area (TPSA) is 98.8 Å². The molecule has 2 saturated heterocycles. The second-order valence-electron chi connectivity index (χ2n) is 3.94. The molecule has 2 heterocycles. The van der Waals surface area contributed by atoms with E-state index < -0.39 is 36.2 Å². The van der Waals surface area contributed by atoms with E-state index in [4.69, 9.17) is 0 Å². The molecule has 8 nitrogen and oxygen atoms in total. The predicted molar refractivity (Wildman–Crippen MR) is 54.3 cm³/mol. The standard InChI is InChI=1S/C9H12N4O4/c1-4(14)12-6-3-7(11-8(12)16)13(5(2)15)9(17)10-6/h6-7H,3H2,1-2H3,(H,10,17)(H,11,16)/t6-,7-/m0/s1. The van der Waals surface area contributed by atoms with Crippen molar-refractivity contribution in [1.82, 2.24) is 20.4 Å². The number of amides is 6. The summed E-state index contributed by atoms with van der Waals surface area (Å²) in [7, 11) is 0. The van der Waals surface area contributed by atoms with Gasteiger partial charge in [-0.2, -0.15) is 0 Å². The maximum absolute atomic E-state index is 11.6. The molecule has 2 aliphatic heterocycles. The highest BCUT2D eigenvalue weighted by atomic mass is 16.2. The number of nitrogens with zero attached hydrogens (tertiary/aromatic N) is 2. The van der Waals surface area contributed by atoms with Gasteiger partial charge < -0.3 is 10.6 Å². The van der Waals surface area contributed by atoms with Gasteiger partial charge in [-0.15, -0.1) is 0 Å². The highest BCUT2D eigenvalue weighted by molar-refractivity contribution is 5.99. The number of hydrogen-bond acceptors (Lipinski definition) is 4. The van der Waals surface area contributed by atoms with Crippen molar-refractivity contribution in [2.24, 2.45) is 0 Å². The highest BCUT2D eigenvalue weighted by Crippen LogP contribution is 2.20. The molecule has 8 heteroatoms. The van der Waals surface area contributed by atoms with Gasteiger partial charge in [0.15, 0.2) is 0 Å². The van der Waals surface area contributed by atoms with Crippen molar-refractivity contribution in [1.29, 1.82) is 0 Å². The van der Waals surface area contributed by atoms with Crippen molar-refractivity contribution in [3.05, 3.63) is 0 Å². The molecule has 0 saturated carbocycles. The summed E-state index contributed by atoms with van der Waals surface area (Å²) in [6.07, 6.45) is -1.08. The number of imide groups is 2. The zero-order valence-corrected chi connectivity index (χ0v) is 9.39. The van der Waals surface area contributed by atoms with Gasteiger partial charge in [0.2, 0.25) is 11.8 Å². The van der Waals surface area contributed by atoms with Crippen LogP contribution in [0, 0.1) is 0 Å². The molecule has 2 rings (SSSR count). The zero-order valence-electron chi connectivity index (χ0n) is 9.39. The van der Waals surface area contributed by atoms with E-state index in [-0.39, 0.29) is 6.42 Å². The average Bonchev–Trinajstić information content (AvgIpc) is 2.13. The molecule has 92 valence electrons. The van der Waals surface area contributed by atoms with Crippen LogP contribution >= 0.6 is 0 Å². The maximum Gasteiger partial charge on any atom is 0.327 e. The first kappa shape index (κ1) is 11.4. The van der Waals surface area contributed by atoms with Gasteiger partial charge in [-0.3, -0.25) is 9.59 Å². The van der Waals surface area contributed by atoms with Crippen LogP contribution in [0.2, 0.25) is 0 Å². The summed E-state index contributed by atoms with van der Waals surface area (Å²) < 4.78 is 0. The molecular formula is C9H12N4O4. The Balaban J connectivity index is 2.28. The Kier molecular flexibility index (Phi) is 2.49. The van der Waals surface area contributed by atoms with Gasteiger partial charge in [0.25, 0.3) is 0 Å². The van der Waals surface area contributed by atoms with Gasteiger partial charge >= 0.3 is 12.1 Å². The van der Waals surface area contributed by atoms with Crippen molar-refractivity contribution in [3.8, 4) is 0 Å². The van der Waals surface area contributed by atoms with Gasteiger partial charge in [0, 0.05) is 20.3 Å². The molecule has 0 unspecified atom stereocenters. The first-order valence-corrected chi connectivity index (χ1v) is 5.12. The molecule has 2 aliphatic rings. The minimum atomic E-state index is -0.686. The molecule has 0 aliphatic carbocycles. The zero-order chi connectivity index (χ0) is 12.7. The number of hydrogen-bond donors (Lipinski definition) is 2. The Morgan fingerprint density at radius 2 is 1.35 bits per heavy atom. The van der Waals surface area contributed by atoms with Crippen LogP contribution in [0.3, 0.4) is 0 Å². The Bertz CT molecular complexity index is 383. The number of rotatable bonds is 0. The molecule has 2 fully saturated rings. The van der Waals surface area contributed by atoms with E-state index in [1.807, 2.05) is 0 Å². The molecule has 2 atom stereocenters. The third-order valence-corrected chi connectivity index (χ3v) is 2.77. The minimum absolute atomic E-state index is 0.288. The second kappa shape index (κ2) is 3.72. The normalized spacial score (nSPS) is 27.4. The summed E-state index contributed by atoms with van der Waals surface area (Å²) in [6.45, 7) is 2.48. The number of fused-ring (bicyclic) bond motifs is 2. The summed E-state index contributed by atoms with van der Waals surface area (Å²) >= 11 is 0. The molecule has 2 bridgehead atoms. The van der Waals surface area contributed by atoms with E-state index in [1.165, 1.54) is 13.8 Å². The van der Waals surface area contributed by atoms with E-state index in [2.05, 4.69) is 10.6 Å². The van der Waals surface area contributed by atoms with Crippen molar-refractivity contribution in [2.75, 3.05) is 0 Å². The van der Waals surface area contributed by atoms with Crippen LogP contribution in [0.4, 0.5) is 9.59 Å². The molecule has 17 heavy (non-hydrogen) atoms. The molecule has 0 radical (unpaired) electrons. The molecule has 6 amide bonds. The SMILES string of the molecule is CC(=O)N1C(=O)N[C@@H]2C[C@H]1NC(=O)N2C(C)=O. The lowest BCUT2D eigenvalue weighted by atomic mass is 10.1. The Hall–Kier alpha value is -2.12. The van der Waals surface area contributed by atoms with E-state index in [1.54, 1.807) is 0 Å². The fourth-order valence-corrected chi connectivity index (χ4v) is 2.10. The van der Waals surface area contributed by atoms with E-state index in [0.29, 0.717) is 0 Å². The first-order chi connectivity index (χ1) is 7.91. The Morgan fingerprint density at radius 3 is 1.65 bits per heavy atom. The molecule has 0 aromatic rings. The quantitative estimate of drug-likeness (QED) is 0.577. The van der Waals surface area contributed by atoms with Crippen molar-refractivity contribution in [2.45, 2.75) is 32.6 Å². The third-order valence-electron chi connectivity index (χ3n) is 2.77. The smallest absolute Gasteiger partial charge is 0.316 e. The monoisotopic (exact) mass is 240 g/mol. The summed E-state index contributed by atoms with van der Waals surface area (Å²) in [5.41, 5.74) is 0. The summed E-state index contributed by atoms with van der Waals surface area (Å²) in [5, 5.41) is 4.90. The number of carbonyl (C=O) groups is 4. The van der Waals surface area contributed by atoms with Crippen LogP contribution in [0.15, 0.2) is 0 Å². The summed E-state index contributed by atoms with van der Waals surface area (Å²) in [6, 6.07) is -1.21. The lowest BCUT2D eigenvalue weighted by molar-refractivity contribution is -0.133. The predicted octanol–water partition coefficient (Wildman–Crippen LogP) is -0.828. The fraction of sp³-hybridized carbons (Fsp3) is 0.556. The van der Waals surface area contributed by atoms with Crippen LogP contribution in [0.5, 0.6) is 0 Å². The van der Waals surface area contributed by atoms with Crippen LogP contribution in [0.1, 0.15) is 20.3 Å². The first-order valence-electron chi connectivity index (χ1n) is 5.12. The van der Waals surface area contributed by atoms with Crippen LogP contribution in [-0.4, -0.2) is 46.0 Å². The summed E-state index contributed by atoms with van der Waals surface area (Å²) in [5.74, 6) is -0.912. The van der Waals surface area contributed by atoms with E-state index >= 15 is 0 Å². The van der Waals surface area contributed by atoms with Gasteiger partial charge in [0.05, 0.1) is 0 Å². The van der Waals surface area contributed by atoms with E-state index in [9.17, 15) is 19.2 Å². The largest absolute Gasteiger partial charge is 0.327 e. The lowest BCUT2D eigenvalue weighted by Crippen LogP contribution is -2.73. The fourth-order valence-electron chi connectivity index (χ4n) is 2.10. The Labute approximate surface area is 96.9 Å². The van der Waals surface area contributed by atoms with Crippen molar-refractivity contribution >= 4 is 23.9 Å². The van der Waals surface area contributed by atoms with Crippen LogP contribution in [-0.2, 0) is 9.59 Å². The minimum Gasteiger partial charge on any atom is -0.316 e. The van der Waals surface area contributed by atoms with Crippen LogP contribution < -0.4 is 10.6 Å². The number of carbonyl (C=O) groups excluding carboxylic acids is 4. The van der Waals surface area contributed by atoms with Crippen molar-refractivity contribution in [3.63, 3.8) is 0 Å². The van der Waals surface area contributed by atoms with E-state index in [0.717, 1.165) is 9.80 Å². The van der Waals surface area contributed by atoms with Gasteiger partial charge in [-0.1, -0.05) is 0 Å². The summed E-state index contributed by atoms with van der Waals surface area (Å²) in [4.78, 5) is 47.7. The lowest BCUT2D eigenvalue weighted by Gasteiger charge is -2.46. The second-order valence-corrected chi connectivity index (χ2v) is 3.94. The maximum atomic E-state index is 11.6. The van der Waals surface area contributed by atoms with Gasteiger partial charge in [-0.25, -0.2) is 19.4 Å². The molecular weight excluding hydrogens is 228 g/mol. The average molecular weight is 240 g/mol. The number of urea groups is 2. The molecule has 0 spiro atoms. The van der Waals surface area contributed by atoms with Crippen molar-refractivity contribution < 1.29 is 19.2 Å². The Morgan fingerprint density at radius 1 is 1.00 bits per heavy atom. The highest BCUT2D eigenvalue weighted by Gasteiger charge is 2.46. The molecule has 0 aromatic carbocycles. The van der Waals surface area contributed by atoms with Crippen LogP contribution in [0.25, 0.3) is 0 Å².